The van der Waals surface area contributed by atoms with E-state index in [1.807, 2.05) is 6.92 Å². The van der Waals surface area contributed by atoms with Gasteiger partial charge in [-0.05, 0) is 25.0 Å². The number of rotatable bonds is 7. The summed E-state index contributed by atoms with van der Waals surface area (Å²) in [7, 11) is 0. The van der Waals surface area contributed by atoms with E-state index in [0.717, 1.165) is 36.3 Å². The zero-order chi connectivity index (χ0) is 25.3. The van der Waals surface area contributed by atoms with Gasteiger partial charge in [0, 0.05) is 31.8 Å². The lowest BCUT2D eigenvalue weighted by atomic mass is 10.1. The van der Waals surface area contributed by atoms with Crippen LogP contribution in [0.1, 0.15) is 47.7 Å². The van der Waals surface area contributed by atoms with Crippen molar-refractivity contribution in [2.75, 3.05) is 18.1 Å². The molecule has 182 valence electrons. The summed E-state index contributed by atoms with van der Waals surface area (Å²) < 4.78 is 28.7. The highest BCUT2D eigenvalue weighted by Crippen LogP contribution is 2.30. The molecule has 0 radical (unpaired) electrons. The number of halogens is 2. The molecule has 0 aliphatic carbocycles. The van der Waals surface area contributed by atoms with E-state index in [1.165, 1.54) is 21.8 Å². The Morgan fingerprint density at radius 2 is 2.00 bits per heavy atom. The average Bonchev–Trinajstić information content (AvgIpc) is 3.30. The molecule has 3 heterocycles. The second-order valence-corrected chi connectivity index (χ2v) is 9.04. The Kier molecular flexibility index (Phi) is 6.84. The number of pyridine rings is 1. The first kappa shape index (κ1) is 24.3. The van der Waals surface area contributed by atoms with E-state index in [9.17, 15) is 23.5 Å². The maximum absolute atomic E-state index is 14.1. The summed E-state index contributed by atoms with van der Waals surface area (Å²) in [6.45, 7) is 4.56. The predicted molar refractivity (Wildman–Crippen MR) is 128 cm³/mol. The minimum atomic E-state index is -0.772. The quantitative estimate of drug-likeness (QED) is 0.503. The first-order valence-corrected chi connectivity index (χ1v) is 11.9. The summed E-state index contributed by atoms with van der Waals surface area (Å²) >= 11 is 1.04. The summed E-state index contributed by atoms with van der Waals surface area (Å²) in [6.07, 6.45) is 8.18. The molecule has 0 saturated heterocycles. The van der Waals surface area contributed by atoms with Crippen LogP contribution in [-0.2, 0) is 6.42 Å². The Bertz CT molecular complexity index is 1380. The molecule has 35 heavy (non-hydrogen) atoms. The molecule has 11 heteroatoms. The number of aromatic nitrogens is 3. The van der Waals surface area contributed by atoms with Crippen molar-refractivity contribution < 1.29 is 18.7 Å². The van der Waals surface area contributed by atoms with Gasteiger partial charge in [0.1, 0.15) is 16.6 Å². The van der Waals surface area contributed by atoms with Crippen LogP contribution in [0.15, 0.2) is 29.2 Å². The fraction of sp³-hybridized carbons (Fsp3) is 0.333. The second kappa shape index (κ2) is 9.84. The summed E-state index contributed by atoms with van der Waals surface area (Å²) in [6, 6.07) is 3.26. The molecule has 0 unspecified atom stereocenters. The van der Waals surface area contributed by atoms with Crippen LogP contribution in [0.3, 0.4) is 0 Å². The molecule has 0 fully saturated rings. The van der Waals surface area contributed by atoms with Gasteiger partial charge in [-0.1, -0.05) is 36.7 Å². The lowest BCUT2D eigenvalue weighted by molar-refractivity contribution is 0.0641. The fourth-order valence-electron chi connectivity index (χ4n) is 3.97. The predicted octanol–water partition coefficient (Wildman–Crippen LogP) is 3.11. The van der Waals surface area contributed by atoms with Gasteiger partial charge in [0.25, 0.3) is 5.91 Å². The van der Waals surface area contributed by atoms with Crippen molar-refractivity contribution in [1.82, 2.24) is 19.8 Å². The summed E-state index contributed by atoms with van der Waals surface area (Å²) in [5.74, 6) is -0.0130. The van der Waals surface area contributed by atoms with Crippen LogP contribution < -0.4 is 10.4 Å². The van der Waals surface area contributed by atoms with E-state index < -0.39 is 34.9 Å². The molecular weight excluding hydrogens is 476 g/mol. The van der Waals surface area contributed by atoms with E-state index >= 15 is 0 Å². The number of nitrogens with zero attached hydrogens (tertiary/aromatic N) is 5. The number of carbonyl (C=O) groups excluding carboxylic acids is 1. The summed E-state index contributed by atoms with van der Waals surface area (Å²) in [4.78, 5) is 27.6. The molecule has 1 aliphatic rings. The number of unbranched alkanes of at least 4 members (excludes halogenated alkanes) is 1. The number of fused-ring (bicyclic) bond motifs is 1. The van der Waals surface area contributed by atoms with Crippen LogP contribution in [-0.4, -0.2) is 50.0 Å². The fourth-order valence-corrected chi connectivity index (χ4v) is 4.84. The largest absolute Gasteiger partial charge is 0.502 e. The lowest BCUT2D eigenvalue weighted by Crippen LogP contribution is -2.61. The van der Waals surface area contributed by atoms with Crippen LogP contribution in [0.5, 0.6) is 5.75 Å². The first-order chi connectivity index (χ1) is 16.8. The number of hydrogen-bond donors (Lipinski definition) is 1. The zero-order valence-corrected chi connectivity index (χ0v) is 20.0. The molecular formula is C24H23F2N5O3S. The van der Waals surface area contributed by atoms with E-state index in [-0.39, 0.29) is 28.2 Å². The van der Waals surface area contributed by atoms with Crippen molar-refractivity contribution in [3.8, 4) is 28.7 Å². The Morgan fingerprint density at radius 1 is 1.23 bits per heavy atom. The maximum Gasteiger partial charge on any atom is 0.278 e. The highest BCUT2D eigenvalue weighted by molar-refractivity contribution is 7.14. The van der Waals surface area contributed by atoms with Crippen molar-refractivity contribution in [3.05, 3.63) is 62.5 Å². The van der Waals surface area contributed by atoms with Gasteiger partial charge in [-0.25, -0.2) is 8.78 Å². The Morgan fingerprint density at radius 3 is 2.66 bits per heavy atom. The summed E-state index contributed by atoms with van der Waals surface area (Å²) in [5, 5.41) is 21.2. The molecule has 3 aromatic rings. The molecule has 1 aliphatic heterocycles. The number of amides is 1. The summed E-state index contributed by atoms with van der Waals surface area (Å²) in [5.41, 5.74) is -0.677. The van der Waals surface area contributed by atoms with E-state index in [2.05, 4.69) is 16.1 Å². The van der Waals surface area contributed by atoms with E-state index in [0.29, 0.717) is 18.1 Å². The molecule has 0 saturated carbocycles. The topological polar surface area (TPSA) is 91.6 Å². The molecule has 2 aromatic heterocycles. The van der Waals surface area contributed by atoms with Crippen LogP contribution in [0.25, 0.3) is 10.6 Å². The standard InChI is InChI=1S/C24H23F2N5O3S/c1-4-7-10-30-19(5-2)29(6-3)24(34)20-22(33)21(32)16(13-31(20)30)23-28-27-18(35-23)11-14-8-9-15(25)12-17(14)26/h2,8-9,12-13,19,33H,4,6-7,10-11H2,1,3H3/t19-/m0/s1. The molecule has 0 spiro atoms. The van der Waals surface area contributed by atoms with Crippen LogP contribution >= 0.6 is 11.3 Å². The molecule has 8 nitrogen and oxygen atoms in total. The molecule has 1 aromatic carbocycles. The van der Waals surface area contributed by atoms with Gasteiger partial charge in [-0.15, -0.1) is 16.6 Å². The Hall–Kier alpha value is -3.78. The monoisotopic (exact) mass is 499 g/mol. The van der Waals surface area contributed by atoms with Gasteiger partial charge in [0.15, 0.2) is 22.6 Å². The number of aromatic hydroxyl groups is 1. The van der Waals surface area contributed by atoms with Crippen molar-refractivity contribution >= 4 is 17.2 Å². The number of carbonyl (C=O) groups is 1. The SMILES string of the molecule is C#C[C@H]1N(CC)C(=O)c2c(O)c(=O)c(-c3nnc(Cc4ccc(F)cc4F)s3)cn2N1CCCC. The third kappa shape index (κ3) is 4.37. The average molecular weight is 500 g/mol. The van der Waals surface area contributed by atoms with Gasteiger partial charge in [-0.2, -0.15) is 0 Å². The minimum Gasteiger partial charge on any atom is -0.502 e. The molecule has 0 bridgehead atoms. The third-order valence-corrected chi connectivity index (χ3v) is 6.72. The highest BCUT2D eigenvalue weighted by Gasteiger charge is 2.38. The van der Waals surface area contributed by atoms with Gasteiger partial charge >= 0.3 is 0 Å². The van der Waals surface area contributed by atoms with E-state index in [1.54, 1.807) is 11.9 Å². The third-order valence-electron chi connectivity index (χ3n) is 5.77. The van der Waals surface area contributed by atoms with Crippen LogP contribution in [0.4, 0.5) is 8.78 Å². The first-order valence-electron chi connectivity index (χ1n) is 11.1. The van der Waals surface area contributed by atoms with Crippen LogP contribution in [0.2, 0.25) is 0 Å². The van der Waals surface area contributed by atoms with Gasteiger partial charge < -0.3 is 10.0 Å². The smallest absolute Gasteiger partial charge is 0.278 e. The molecule has 1 N–H and O–H groups in total. The van der Waals surface area contributed by atoms with Crippen molar-refractivity contribution in [2.45, 2.75) is 39.3 Å². The second-order valence-electron chi connectivity index (χ2n) is 7.98. The minimum absolute atomic E-state index is 0.0320. The highest BCUT2D eigenvalue weighted by atomic mass is 32.1. The van der Waals surface area contributed by atoms with Gasteiger partial charge in [0.2, 0.25) is 5.43 Å². The van der Waals surface area contributed by atoms with Crippen molar-refractivity contribution in [2.24, 2.45) is 0 Å². The lowest BCUT2D eigenvalue weighted by Gasteiger charge is -2.44. The van der Waals surface area contributed by atoms with Gasteiger partial charge in [-0.3, -0.25) is 19.3 Å². The van der Waals surface area contributed by atoms with Crippen LogP contribution in [0, 0.1) is 24.0 Å². The van der Waals surface area contributed by atoms with Gasteiger partial charge in [0.05, 0.1) is 5.56 Å². The zero-order valence-electron chi connectivity index (χ0n) is 19.2. The number of benzene rings is 1. The maximum atomic E-state index is 14.1. The molecule has 1 atom stereocenters. The normalized spacial score (nSPS) is 15.3. The molecule has 4 rings (SSSR count). The Labute approximate surface area is 204 Å². The van der Waals surface area contributed by atoms with E-state index in [4.69, 9.17) is 6.42 Å². The Balaban J connectivity index is 1.79. The van der Waals surface area contributed by atoms with Crippen molar-refractivity contribution in [3.63, 3.8) is 0 Å². The van der Waals surface area contributed by atoms with Crippen molar-refractivity contribution in [1.29, 1.82) is 0 Å². The number of hydrogen-bond acceptors (Lipinski definition) is 7. The number of terminal acetylenes is 1. The molecule has 1 amide bonds.